The number of hydrogen-bond acceptors (Lipinski definition) is 6. The number of thiazole rings is 1. The highest BCUT2D eigenvalue weighted by Gasteiger charge is 2.24. The van der Waals surface area contributed by atoms with E-state index in [0.29, 0.717) is 37.8 Å². The first-order valence-corrected chi connectivity index (χ1v) is 11.7. The van der Waals surface area contributed by atoms with Crippen molar-refractivity contribution in [1.29, 1.82) is 0 Å². The van der Waals surface area contributed by atoms with E-state index in [-0.39, 0.29) is 17.4 Å². The summed E-state index contributed by atoms with van der Waals surface area (Å²) < 4.78 is 11.7. The second kappa shape index (κ2) is 9.55. The molecular weight excluding hydrogens is 483 g/mol. The van der Waals surface area contributed by atoms with E-state index in [1.807, 2.05) is 39.0 Å². The zero-order chi connectivity index (χ0) is 23.7. The van der Waals surface area contributed by atoms with Crippen LogP contribution in [0, 0.1) is 6.92 Å². The Morgan fingerprint density at radius 1 is 1.21 bits per heavy atom. The molecule has 0 aliphatic heterocycles. The molecule has 0 aliphatic carbocycles. The van der Waals surface area contributed by atoms with Crippen molar-refractivity contribution >= 4 is 40.5 Å². The largest absolute Gasteiger partial charge is 0.489 e. The molecule has 0 saturated heterocycles. The molecule has 0 saturated carbocycles. The Kier molecular flexibility index (Phi) is 6.74. The molecule has 6 nitrogen and oxygen atoms in total. The monoisotopic (exact) mass is 502 g/mol. The van der Waals surface area contributed by atoms with Crippen LogP contribution in [0.15, 0.2) is 47.1 Å². The standard InChI is InChI=1S/C24H20Cl2N2O4S/c1-12(2)22-16(21(28-32-22)20-17(25)5-4-6-18(20)26)11-31-14-7-8-15(13(3)9-14)23-27-10-19(33-23)24(29)30/h4-10,12H,11H2,1-3H3,(H,29,30). The number of rotatable bonds is 7. The van der Waals surface area contributed by atoms with Gasteiger partial charge in [0.05, 0.1) is 21.8 Å². The number of halogens is 2. The van der Waals surface area contributed by atoms with Gasteiger partial charge in [0, 0.05) is 17.0 Å². The number of hydrogen-bond donors (Lipinski definition) is 1. The number of nitrogens with zero attached hydrogens (tertiary/aromatic N) is 2. The fraction of sp³-hybridized carbons (Fsp3) is 0.208. The molecule has 170 valence electrons. The molecule has 33 heavy (non-hydrogen) atoms. The molecule has 0 radical (unpaired) electrons. The van der Waals surface area contributed by atoms with E-state index in [1.54, 1.807) is 18.2 Å². The van der Waals surface area contributed by atoms with E-state index < -0.39 is 5.97 Å². The molecule has 4 rings (SSSR count). The number of carboxylic acids is 1. The Morgan fingerprint density at radius 3 is 2.55 bits per heavy atom. The van der Waals surface area contributed by atoms with Crippen molar-refractivity contribution < 1.29 is 19.2 Å². The van der Waals surface area contributed by atoms with E-state index >= 15 is 0 Å². The Bertz CT molecular complexity index is 1310. The van der Waals surface area contributed by atoms with Crippen LogP contribution in [-0.4, -0.2) is 21.2 Å². The third kappa shape index (κ3) is 4.76. The van der Waals surface area contributed by atoms with E-state index in [4.69, 9.17) is 37.6 Å². The molecule has 2 aromatic heterocycles. The minimum absolute atomic E-state index is 0.0866. The zero-order valence-electron chi connectivity index (χ0n) is 18.1. The number of ether oxygens (including phenoxy) is 1. The number of aromatic carboxylic acids is 1. The Balaban J connectivity index is 1.62. The summed E-state index contributed by atoms with van der Waals surface area (Å²) in [5, 5.41) is 15.0. The molecule has 0 unspecified atom stereocenters. The second-order valence-corrected chi connectivity index (χ2v) is 9.57. The van der Waals surface area contributed by atoms with Crippen molar-refractivity contribution in [3.63, 3.8) is 0 Å². The fourth-order valence-electron chi connectivity index (χ4n) is 3.45. The second-order valence-electron chi connectivity index (χ2n) is 7.73. The molecule has 4 aromatic rings. The Morgan fingerprint density at radius 2 is 1.94 bits per heavy atom. The molecular formula is C24H20Cl2N2O4S. The van der Waals surface area contributed by atoms with Crippen molar-refractivity contribution in [2.45, 2.75) is 33.3 Å². The summed E-state index contributed by atoms with van der Waals surface area (Å²) in [6, 6.07) is 10.9. The summed E-state index contributed by atoms with van der Waals surface area (Å²) in [7, 11) is 0. The van der Waals surface area contributed by atoms with Gasteiger partial charge in [-0.15, -0.1) is 11.3 Å². The van der Waals surface area contributed by atoms with Crippen LogP contribution in [0.1, 0.15) is 46.3 Å². The highest BCUT2D eigenvalue weighted by Crippen LogP contribution is 2.39. The van der Waals surface area contributed by atoms with E-state index in [2.05, 4.69) is 10.1 Å². The first-order valence-electron chi connectivity index (χ1n) is 10.1. The number of aromatic nitrogens is 2. The number of carboxylic acid groups (broad SMARTS) is 1. The highest BCUT2D eigenvalue weighted by molar-refractivity contribution is 7.16. The van der Waals surface area contributed by atoms with Crippen molar-refractivity contribution in [2.24, 2.45) is 0 Å². The summed E-state index contributed by atoms with van der Waals surface area (Å²) in [6.07, 6.45) is 1.37. The van der Waals surface area contributed by atoms with Crippen molar-refractivity contribution in [1.82, 2.24) is 10.1 Å². The average molecular weight is 503 g/mol. The smallest absolute Gasteiger partial charge is 0.347 e. The number of carbonyl (C=O) groups is 1. The van der Waals surface area contributed by atoms with Crippen LogP contribution in [0.2, 0.25) is 10.0 Å². The lowest BCUT2D eigenvalue weighted by molar-refractivity contribution is 0.0702. The third-order valence-corrected chi connectivity index (χ3v) is 6.72. The molecule has 2 heterocycles. The van der Waals surface area contributed by atoms with Crippen LogP contribution in [-0.2, 0) is 6.61 Å². The van der Waals surface area contributed by atoms with Gasteiger partial charge in [0.2, 0.25) is 0 Å². The maximum Gasteiger partial charge on any atom is 0.347 e. The Labute approximate surface area is 204 Å². The predicted molar refractivity (Wildman–Crippen MR) is 130 cm³/mol. The van der Waals surface area contributed by atoms with Gasteiger partial charge in [-0.1, -0.05) is 48.3 Å². The lowest BCUT2D eigenvalue weighted by atomic mass is 10.0. The quantitative estimate of drug-likeness (QED) is 0.281. The SMILES string of the molecule is Cc1cc(OCc2c(-c3c(Cl)cccc3Cl)noc2C(C)C)ccc1-c1ncc(C(=O)O)s1. The van der Waals surface area contributed by atoms with Crippen molar-refractivity contribution in [3.05, 3.63) is 74.4 Å². The summed E-state index contributed by atoms with van der Waals surface area (Å²) in [6.45, 7) is 6.17. The van der Waals surface area contributed by atoms with Gasteiger partial charge in [-0.3, -0.25) is 0 Å². The zero-order valence-corrected chi connectivity index (χ0v) is 20.4. The molecule has 2 aromatic carbocycles. The third-order valence-electron chi connectivity index (χ3n) is 5.07. The lowest BCUT2D eigenvalue weighted by Crippen LogP contribution is -2.01. The molecule has 0 amide bonds. The fourth-order valence-corrected chi connectivity index (χ4v) is 4.88. The molecule has 0 spiro atoms. The molecule has 0 fully saturated rings. The van der Waals surface area contributed by atoms with Crippen LogP contribution in [0.5, 0.6) is 5.75 Å². The summed E-state index contributed by atoms with van der Waals surface area (Å²) in [5.74, 6) is 0.459. The van der Waals surface area contributed by atoms with Gasteiger partial charge in [-0.05, 0) is 42.8 Å². The summed E-state index contributed by atoms with van der Waals surface area (Å²) in [4.78, 5) is 15.6. The first kappa shape index (κ1) is 23.3. The van der Waals surface area contributed by atoms with E-state index in [0.717, 1.165) is 28.0 Å². The summed E-state index contributed by atoms with van der Waals surface area (Å²) >= 11 is 14.0. The minimum Gasteiger partial charge on any atom is -0.489 e. The molecule has 0 atom stereocenters. The normalized spacial score (nSPS) is 11.2. The van der Waals surface area contributed by atoms with Gasteiger partial charge < -0.3 is 14.4 Å². The minimum atomic E-state index is -0.986. The maximum atomic E-state index is 11.2. The van der Waals surface area contributed by atoms with E-state index in [9.17, 15) is 4.79 Å². The van der Waals surface area contributed by atoms with Crippen LogP contribution >= 0.6 is 34.5 Å². The number of benzene rings is 2. The first-order chi connectivity index (χ1) is 15.8. The summed E-state index contributed by atoms with van der Waals surface area (Å²) in [5.41, 5.74) is 3.73. The maximum absolute atomic E-state index is 11.2. The van der Waals surface area contributed by atoms with Gasteiger partial charge in [0.1, 0.15) is 33.7 Å². The molecule has 0 aliphatic rings. The molecule has 9 heteroatoms. The van der Waals surface area contributed by atoms with Gasteiger partial charge in [-0.25, -0.2) is 9.78 Å². The Hall–Kier alpha value is -2.87. The highest BCUT2D eigenvalue weighted by atomic mass is 35.5. The molecule has 1 N–H and O–H groups in total. The number of aryl methyl sites for hydroxylation is 1. The van der Waals surface area contributed by atoms with Crippen LogP contribution in [0.3, 0.4) is 0 Å². The van der Waals surface area contributed by atoms with Crippen LogP contribution in [0.25, 0.3) is 21.8 Å². The van der Waals surface area contributed by atoms with E-state index in [1.165, 1.54) is 6.20 Å². The van der Waals surface area contributed by atoms with Gasteiger partial charge in [0.25, 0.3) is 0 Å². The van der Waals surface area contributed by atoms with Crippen molar-refractivity contribution in [2.75, 3.05) is 0 Å². The topological polar surface area (TPSA) is 85.5 Å². The predicted octanol–water partition coefficient (Wildman–Crippen LogP) is 7.48. The molecule has 0 bridgehead atoms. The van der Waals surface area contributed by atoms with Crippen molar-refractivity contribution in [3.8, 4) is 27.6 Å². The van der Waals surface area contributed by atoms with Crippen LogP contribution < -0.4 is 4.74 Å². The van der Waals surface area contributed by atoms with Crippen LogP contribution in [0.4, 0.5) is 0 Å². The van der Waals surface area contributed by atoms with Gasteiger partial charge in [0.15, 0.2) is 0 Å². The lowest BCUT2D eigenvalue weighted by Gasteiger charge is -2.12. The van der Waals surface area contributed by atoms with Gasteiger partial charge in [-0.2, -0.15) is 0 Å². The average Bonchev–Trinajstić information content (AvgIpc) is 3.40. The van der Waals surface area contributed by atoms with Gasteiger partial charge >= 0.3 is 5.97 Å².